The molecule has 0 unspecified atom stereocenters. The molecule has 0 aromatic heterocycles. The highest BCUT2D eigenvalue weighted by Gasteiger charge is 2.11. The highest BCUT2D eigenvalue weighted by Crippen LogP contribution is 2.27. The minimum atomic E-state index is -0.284. The number of anilines is 1. The van der Waals surface area contributed by atoms with Crippen molar-refractivity contribution < 1.29 is 14.3 Å². The number of hydrogen-bond acceptors (Lipinski definition) is 3. The Labute approximate surface area is 142 Å². The molecule has 0 aliphatic rings. The molecule has 2 rings (SSSR count). The number of hydrogen-bond donors (Lipinski definition) is 1. The zero-order valence-electron chi connectivity index (χ0n) is 14.1. The van der Waals surface area contributed by atoms with Gasteiger partial charge >= 0.3 is 0 Å². The average Bonchev–Trinajstić information content (AvgIpc) is 2.55. The van der Waals surface area contributed by atoms with E-state index in [9.17, 15) is 9.59 Å². The second-order valence-corrected chi connectivity index (χ2v) is 5.67. The van der Waals surface area contributed by atoms with Crippen LogP contribution in [0.4, 0.5) is 5.69 Å². The highest BCUT2D eigenvalue weighted by molar-refractivity contribution is 6.04. The summed E-state index contributed by atoms with van der Waals surface area (Å²) < 4.78 is 5.69. The number of Topliss-reactive ketones (excluding diaryl/α,β-unsaturated/α-hetero) is 1. The molecular formula is C20H21NO3. The maximum Gasteiger partial charge on any atom is 0.248 e. The second-order valence-electron chi connectivity index (χ2n) is 5.67. The van der Waals surface area contributed by atoms with E-state index in [2.05, 4.69) is 5.32 Å². The molecule has 0 saturated heterocycles. The Morgan fingerprint density at radius 3 is 2.42 bits per heavy atom. The Bertz CT molecular complexity index is 749. The number of carbonyl (C=O) groups excluding carboxylic acids is 2. The van der Waals surface area contributed by atoms with E-state index in [0.717, 1.165) is 5.56 Å². The Hall–Kier alpha value is -2.88. The van der Waals surface area contributed by atoms with Crippen LogP contribution in [-0.4, -0.2) is 17.8 Å². The molecule has 0 aliphatic carbocycles. The molecule has 4 heteroatoms. The van der Waals surface area contributed by atoms with E-state index in [1.807, 2.05) is 44.2 Å². The zero-order valence-corrected chi connectivity index (χ0v) is 14.1. The van der Waals surface area contributed by atoms with Crippen LogP contribution in [0.2, 0.25) is 0 Å². The van der Waals surface area contributed by atoms with Crippen LogP contribution in [0.3, 0.4) is 0 Å². The van der Waals surface area contributed by atoms with Crippen molar-refractivity contribution >= 4 is 23.5 Å². The van der Waals surface area contributed by atoms with E-state index in [1.165, 1.54) is 13.0 Å². The first-order chi connectivity index (χ1) is 11.5. The lowest BCUT2D eigenvalue weighted by atomic mass is 10.1. The zero-order chi connectivity index (χ0) is 17.5. The van der Waals surface area contributed by atoms with Gasteiger partial charge in [0.05, 0.1) is 11.8 Å². The lowest BCUT2D eigenvalue weighted by molar-refractivity contribution is -0.111. The quantitative estimate of drug-likeness (QED) is 0.636. The maximum absolute atomic E-state index is 12.2. The van der Waals surface area contributed by atoms with Crippen molar-refractivity contribution in [2.24, 2.45) is 0 Å². The van der Waals surface area contributed by atoms with Crippen molar-refractivity contribution in [3.63, 3.8) is 0 Å². The number of ketones is 1. The highest BCUT2D eigenvalue weighted by atomic mass is 16.5. The maximum atomic E-state index is 12.2. The molecule has 1 N–H and O–H groups in total. The first-order valence-corrected chi connectivity index (χ1v) is 7.81. The van der Waals surface area contributed by atoms with E-state index < -0.39 is 0 Å². The predicted molar refractivity (Wildman–Crippen MR) is 96.3 cm³/mol. The van der Waals surface area contributed by atoms with Crippen molar-refractivity contribution in [3.05, 3.63) is 65.7 Å². The molecule has 0 saturated carbocycles. The first-order valence-electron chi connectivity index (χ1n) is 7.81. The first kappa shape index (κ1) is 17.5. The molecule has 0 fully saturated rings. The van der Waals surface area contributed by atoms with Crippen molar-refractivity contribution in [1.82, 2.24) is 0 Å². The minimum absolute atomic E-state index is 0.0382. The van der Waals surface area contributed by atoms with Gasteiger partial charge in [-0.25, -0.2) is 0 Å². The van der Waals surface area contributed by atoms with Crippen LogP contribution in [0.1, 0.15) is 36.7 Å². The third-order valence-electron chi connectivity index (χ3n) is 3.23. The van der Waals surface area contributed by atoms with Gasteiger partial charge in [-0.05, 0) is 50.6 Å². The topological polar surface area (TPSA) is 55.4 Å². The summed E-state index contributed by atoms with van der Waals surface area (Å²) in [6.07, 6.45) is 3.14. The fourth-order valence-corrected chi connectivity index (χ4v) is 2.11. The van der Waals surface area contributed by atoms with Crippen LogP contribution in [0.25, 0.3) is 6.08 Å². The number of ether oxygens (including phenoxy) is 1. The van der Waals surface area contributed by atoms with E-state index in [0.29, 0.717) is 17.0 Å². The molecule has 2 aromatic carbocycles. The standard InChI is InChI=1S/C20H21NO3/c1-14(2)24-19-11-10-17(15(3)22)13-18(19)21-20(23)12-9-16-7-5-4-6-8-16/h4-14H,1-3H3,(H,21,23)/b12-9+. The summed E-state index contributed by atoms with van der Waals surface area (Å²) in [6, 6.07) is 14.6. The summed E-state index contributed by atoms with van der Waals surface area (Å²) in [5.74, 6) is 0.186. The lowest BCUT2D eigenvalue weighted by Crippen LogP contribution is -2.13. The molecule has 0 radical (unpaired) electrons. The van der Waals surface area contributed by atoms with Crippen LogP contribution < -0.4 is 10.1 Å². The summed E-state index contributed by atoms with van der Waals surface area (Å²) in [5, 5.41) is 2.78. The Morgan fingerprint density at radius 1 is 1.08 bits per heavy atom. The van der Waals surface area contributed by atoms with Crippen LogP contribution in [-0.2, 0) is 4.79 Å². The Kier molecular flexibility index (Phi) is 5.90. The summed E-state index contributed by atoms with van der Waals surface area (Å²) in [4.78, 5) is 23.7. The van der Waals surface area contributed by atoms with E-state index in [1.54, 1.807) is 24.3 Å². The Balaban J connectivity index is 2.19. The fourth-order valence-electron chi connectivity index (χ4n) is 2.11. The van der Waals surface area contributed by atoms with Gasteiger partial charge in [-0.1, -0.05) is 30.3 Å². The van der Waals surface area contributed by atoms with Gasteiger partial charge in [0.25, 0.3) is 0 Å². The van der Waals surface area contributed by atoms with Crippen LogP contribution >= 0.6 is 0 Å². The van der Waals surface area contributed by atoms with Crippen molar-refractivity contribution in [2.75, 3.05) is 5.32 Å². The van der Waals surface area contributed by atoms with Gasteiger partial charge in [0.15, 0.2) is 5.78 Å². The van der Waals surface area contributed by atoms with Crippen molar-refractivity contribution in [3.8, 4) is 5.75 Å². The fraction of sp³-hybridized carbons (Fsp3) is 0.200. The largest absolute Gasteiger partial charge is 0.489 e. The molecule has 0 atom stereocenters. The molecule has 0 spiro atoms. The van der Waals surface area contributed by atoms with Gasteiger partial charge in [-0.15, -0.1) is 0 Å². The van der Waals surface area contributed by atoms with Gasteiger partial charge in [-0.3, -0.25) is 9.59 Å². The summed E-state index contributed by atoms with van der Waals surface area (Å²) in [6.45, 7) is 5.29. The average molecular weight is 323 g/mol. The van der Waals surface area contributed by atoms with Gasteiger partial charge in [0.2, 0.25) is 5.91 Å². The van der Waals surface area contributed by atoms with E-state index in [4.69, 9.17) is 4.74 Å². The predicted octanol–water partition coefficient (Wildman–Crippen LogP) is 4.33. The second kappa shape index (κ2) is 8.11. The normalized spacial score (nSPS) is 10.8. The van der Waals surface area contributed by atoms with Gasteiger partial charge in [0.1, 0.15) is 5.75 Å². The summed E-state index contributed by atoms with van der Waals surface area (Å²) >= 11 is 0. The van der Waals surface area contributed by atoms with Crippen LogP contribution in [0.5, 0.6) is 5.75 Å². The molecule has 4 nitrogen and oxygen atoms in total. The molecule has 124 valence electrons. The smallest absolute Gasteiger partial charge is 0.248 e. The molecule has 1 amide bonds. The van der Waals surface area contributed by atoms with Crippen LogP contribution in [0.15, 0.2) is 54.6 Å². The van der Waals surface area contributed by atoms with Crippen LogP contribution in [0, 0.1) is 0 Å². The minimum Gasteiger partial charge on any atom is -0.489 e. The summed E-state index contributed by atoms with van der Waals surface area (Å²) in [5.41, 5.74) is 1.94. The molecule has 0 bridgehead atoms. The van der Waals surface area contributed by atoms with E-state index in [-0.39, 0.29) is 17.8 Å². The monoisotopic (exact) mass is 323 g/mol. The van der Waals surface area contributed by atoms with Gasteiger partial charge < -0.3 is 10.1 Å². The molecular weight excluding hydrogens is 302 g/mol. The number of nitrogens with one attached hydrogen (secondary N) is 1. The number of benzene rings is 2. The van der Waals surface area contributed by atoms with Gasteiger partial charge in [0, 0.05) is 11.6 Å². The summed E-state index contributed by atoms with van der Waals surface area (Å²) in [7, 11) is 0. The molecule has 0 aliphatic heterocycles. The molecule has 0 heterocycles. The molecule has 2 aromatic rings. The van der Waals surface area contributed by atoms with E-state index >= 15 is 0 Å². The third kappa shape index (κ3) is 5.09. The molecule has 24 heavy (non-hydrogen) atoms. The van der Waals surface area contributed by atoms with Crippen molar-refractivity contribution in [1.29, 1.82) is 0 Å². The number of amides is 1. The SMILES string of the molecule is CC(=O)c1ccc(OC(C)C)c(NC(=O)/C=C/c2ccccc2)c1. The lowest BCUT2D eigenvalue weighted by Gasteiger charge is -2.15. The number of carbonyl (C=O) groups is 2. The third-order valence-corrected chi connectivity index (χ3v) is 3.23. The number of rotatable bonds is 6. The van der Waals surface area contributed by atoms with Crippen molar-refractivity contribution in [2.45, 2.75) is 26.9 Å². The van der Waals surface area contributed by atoms with Gasteiger partial charge in [-0.2, -0.15) is 0 Å². The Morgan fingerprint density at radius 2 is 1.79 bits per heavy atom.